The number of carbonyl (C=O) groups is 2. The maximum absolute atomic E-state index is 12.3. The van der Waals surface area contributed by atoms with E-state index >= 15 is 0 Å². The molecule has 0 fully saturated rings. The van der Waals surface area contributed by atoms with Crippen LogP contribution in [0.25, 0.3) is 0 Å². The van der Waals surface area contributed by atoms with Crippen LogP contribution in [0, 0.1) is 5.92 Å². The van der Waals surface area contributed by atoms with E-state index in [4.69, 9.17) is 9.84 Å². The van der Waals surface area contributed by atoms with Crippen molar-refractivity contribution in [1.82, 2.24) is 4.90 Å². The van der Waals surface area contributed by atoms with E-state index in [1.807, 2.05) is 30.3 Å². The SMILES string of the molecule is COC(=O)C(C)CN(CCCO)C(=O)CCOc1ccccc1. The molecular weight excluding hydrogens is 298 g/mol. The molecule has 0 saturated heterocycles. The minimum atomic E-state index is -0.405. The summed E-state index contributed by atoms with van der Waals surface area (Å²) in [6.07, 6.45) is 0.688. The molecule has 1 unspecified atom stereocenters. The van der Waals surface area contributed by atoms with Gasteiger partial charge in [-0.2, -0.15) is 0 Å². The van der Waals surface area contributed by atoms with Crippen LogP contribution in [-0.4, -0.2) is 55.3 Å². The van der Waals surface area contributed by atoms with E-state index in [0.717, 1.165) is 0 Å². The molecule has 1 atom stereocenters. The number of nitrogens with zero attached hydrogens (tertiary/aromatic N) is 1. The number of hydrogen-bond donors (Lipinski definition) is 1. The Hall–Kier alpha value is -2.08. The molecule has 0 radical (unpaired) electrons. The molecule has 0 aliphatic heterocycles. The van der Waals surface area contributed by atoms with E-state index in [0.29, 0.717) is 18.7 Å². The minimum absolute atomic E-state index is 0.00307. The van der Waals surface area contributed by atoms with Gasteiger partial charge in [-0.15, -0.1) is 0 Å². The van der Waals surface area contributed by atoms with Crippen molar-refractivity contribution in [1.29, 1.82) is 0 Å². The van der Waals surface area contributed by atoms with Gasteiger partial charge in [0.25, 0.3) is 0 Å². The Bertz CT molecular complexity index is 477. The third kappa shape index (κ3) is 7.15. The summed E-state index contributed by atoms with van der Waals surface area (Å²) in [4.78, 5) is 25.4. The van der Waals surface area contributed by atoms with E-state index in [1.165, 1.54) is 7.11 Å². The lowest BCUT2D eigenvalue weighted by Crippen LogP contribution is -2.38. The van der Waals surface area contributed by atoms with Crippen molar-refractivity contribution in [3.63, 3.8) is 0 Å². The highest BCUT2D eigenvalue weighted by Gasteiger charge is 2.21. The molecule has 0 heterocycles. The summed E-state index contributed by atoms with van der Waals surface area (Å²) in [5.41, 5.74) is 0. The molecule has 6 heteroatoms. The highest BCUT2D eigenvalue weighted by Crippen LogP contribution is 2.10. The average Bonchev–Trinajstić information content (AvgIpc) is 2.58. The highest BCUT2D eigenvalue weighted by atomic mass is 16.5. The first-order valence-corrected chi connectivity index (χ1v) is 7.72. The van der Waals surface area contributed by atoms with Gasteiger partial charge in [-0.05, 0) is 18.6 Å². The molecule has 1 N–H and O–H groups in total. The second kappa shape index (κ2) is 10.6. The topological polar surface area (TPSA) is 76.1 Å². The number of hydrogen-bond acceptors (Lipinski definition) is 5. The molecule has 0 spiro atoms. The molecular formula is C17H25NO5. The molecule has 0 aliphatic rings. The third-order valence-electron chi connectivity index (χ3n) is 3.36. The zero-order chi connectivity index (χ0) is 17.1. The standard InChI is InChI=1S/C17H25NO5/c1-14(17(21)22-2)13-18(10-6-11-19)16(20)9-12-23-15-7-4-3-5-8-15/h3-5,7-8,14,19H,6,9-13H2,1-2H3. The summed E-state index contributed by atoms with van der Waals surface area (Å²) in [6.45, 7) is 2.66. The third-order valence-corrected chi connectivity index (χ3v) is 3.36. The largest absolute Gasteiger partial charge is 0.493 e. The Morgan fingerprint density at radius 2 is 1.96 bits per heavy atom. The number of amides is 1. The lowest BCUT2D eigenvalue weighted by atomic mass is 10.1. The van der Waals surface area contributed by atoms with E-state index < -0.39 is 5.92 Å². The fraction of sp³-hybridized carbons (Fsp3) is 0.529. The van der Waals surface area contributed by atoms with Crippen LogP contribution in [0.2, 0.25) is 0 Å². The van der Waals surface area contributed by atoms with Crippen molar-refractivity contribution < 1.29 is 24.2 Å². The van der Waals surface area contributed by atoms with E-state index in [-0.39, 0.29) is 38.1 Å². The number of ether oxygens (including phenoxy) is 2. The molecule has 0 aliphatic carbocycles. The molecule has 1 amide bonds. The first-order chi connectivity index (χ1) is 11.1. The Morgan fingerprint density at radius 1 is 1.26 bits per heavy atom. The number of aliphatic hydroxyl groups excluding tert-OH is 1. The van der Waals surface area contributed by atoms with Crippen molar-refractivity contribution in [3.8, 4) is 5.75 Å². The first-order valence-electron chi connectivity index (χ1n) is 7.72. The first kappa shape index (κ1) is 19.0. The van der Waals surface area contributed by atoms with Gasteiger partial charge in [-0.1, -0.05) is 25.1 Å². The van der Waals surface area contributed by atoms with Crippen LogP contribution in [0.5, 0.6) is 5.75 Å². The van der Waals surface area contributed by atoms with Gasteiger partial charge < -0.3 is 19.5 Å². The van der Waals surface area contributed by atoms with Gasteiger partial charge in [-0.25, -0.2) is 0 Å². The van der Waals surface area contributed by atoms with Gasteiger partial charge in [0.1, 0.15) is 5.75 Å². The Balaban J connectivity index is 2.48. The van der Waals surface area contributed by atoms with Crippen molar-refractivity contribution in [2.24, 2.45) is 5.92 Å². The van der Waals surface area contributed by atoms with Gasteiger partial charge in [0.05, 0.1) is 26.1 Å². The van der Waals surface area contributed by atoms with Crippen LogP contribution in [0.15, 0.2) is 30.3 Å². The molecule has 1 aromatic rings. The van der Waals surface area contributed by atoms with Crippen molar-refractivity contribution >= 4 is 11.9 Å². The van der Waals surface area contributed by atoms with Crippen molar-refractivity contribution in [3.05, 3.63) is 30.3 Å². The minimum Gasteiger partial charge on any atom is -0.493 e. The summed E-state index contributed by atoms with van der Waals surface area (Å²) >= 11 is 0. The summed E-state index contributed by atoms with van der Waals surface area (Å²) in [5.74, 6) is -0.153. The zero-order valence-corrected chi connectivity index (χ0v) is 13.7. The summed E-state index contributed by atoms with van der Waals surface area (Å²) < 4.78 is 10.2. The number of benzene rings is 1. The fourth-order valence-electron chi connectivity index (χ4n) is 2.12. The summed E-state index contributed by atoms with van der Waals surface area (Å²) in [6, 6.07) is 9.27. The number of carbonyl (C=O) groups excluding carboxylic acids is 2. The van der Waals surface area contributed by atoms with Crippen LogP contribution in [-0.2, 0) is 14.3 Å². The highest BCUT2D eigenvalue weighted by molar-refractivity contribution is 5.78. The Kier molecular flexibility index (Phi) is 8.75. The number of methoxy groups -OCH3 is 1. The fourth-order valence-corrected chi connectivity index (χ4v) is 2.12. The second-order valence-corrected chi connectivity index (χ2v) is 5.25. The predicted molar refractivity (Wildman–Crippen MR) is 86.0 cm³/mol. The van der Waals surface area contributed by atoms with Crippen molar-refractivity contribution in [2.75, 3.05) is 33.4 Å². The van der Waals surface area contributed by atoms with Gasteiger partial charge >= 0.3 is 5.97 Å². The van der Waals surface area contributed by atoms with Crippen molar-refractivity contribution in [2.45, 2.75) is 19.8 Å². The molecule has 23 heavy (non-hydrogen) atoms. The molecule has 6 nitrogen and oxygen atoms in total. The second-order valence-electron chi connectivity index (χ2n) is 5.25. The van der Waals surface area contributed by atoms with Gasteiger partial charge in [-0.3, -0.25) is 9.59 Å². The van der Waals surface area contributed by atoms with Gasteiger partial charge in [0.15, 0.2) is 0 Å². The van der Waals surface area contributed by atoms with E-state index in [1.54, 1.807) is 11.8 Å². The molecule has 128 valence electrons. The molecule has 0 bridgehead atoms. The maximum Gasteiger partial charge on any atom is 0.310 e. The number of aliphatic hydroxyl groups is 1. The molecule has 1 aromatic carbocycles. The summed E-state index contributed by atoms with van der Waals surface area (Å²) in [5, 5.41) is 8.96. The van der Waals surface area contributed by atoms with E-state index in [9.17, 15) is 9.59 Å². The summed E-state index contributed by atoms with van der Waals surface area (Å²) in [7, 11) is 1.33. The Labute approximate surface area is 137 Å². The molecule has 0 aromatic heterocycles. The zero-order valence-electron chi connectivity index (χ0n) is 13.7. The molecule has 1 rings (SSSR count). The van der Waals surface area contributed by atoms with Crippen LogP contribution in [0.3, 0.4) is 0 Å². The predicted octanol–water partition coefficient (Wildman–Crippen LogP) is 1.48. The number of esters is 1. The quantitative estimate of drug-likeness (QED) is 0.660. The van der Waals surface area contributed by atoms with Crippen LogP contribution in [0.1, 0.15) is 19.8 Å². The monoisotopic (exact) mass is 323 g/mol. The maximum atomic E-state index is 12.3. The van der Waals surface area contributed by atoms with E-state index in [2.05, 4.69) is 4.74 Å². The van der Waals surface area contributed by atoms with Crippen LogP contribution in [0.4, 0.5) is 0 Å². The lowest BCUT2D eigenvalue weighted by Gasteiger charge is -2.25. The number of rotatable bonds is 10. The average molecular weight is 323 g/mol. The van der Waals surface area contributed by atoms with Crippen LogP contribution >= 0.6 is 0 Å². The van der Waals surface area contributed by atoms with Gasteiger partial charge in [0, 0.05) is 19.7 Å². The van der Waals surface area contributed by atoms with Gasteiger partial charge in [0.2, 0.25) is 5.91 Å². The van der Waals surface area contributed by atoms with Crippen LogP contribution < -0.4 is 4.74 Å². The normalized spacial score (nSPS) is 11.6. The number of para-hydroxylation sites is 1. The Morgan fingerprint density at radius 3 is 2.57 bits per heavy atom. The smallest absolute Gasteiger partial charge is 0.310 e. The molecule has 0 saturated carbocycles. The lowest BCUT2D eigenvalue weighted by molar-refractivity contribution is -0.146.